The Morgan fingerprint density at radius 3 is 2.80 bits per heavy atom. The minimum Gasteiger partial charge on any atom is -0.507 e. The summed E-state index contributed by atoms with van der Waals surface area (Å²) in [6.07, 6.45) is 7.20. The van der Waals surface area contributed by atoms with Crippen molar-refractivity contribution in [1.29, 1.82) is 0 Å². The first-order valence-corrected chi connectivity index (χ1v) is 9.70. The monoisotopic (exact) mass is 360 g/mol. The molecule has 0 saturated carbocycles. The molecule has 0 amide bonds. The average molecular weight is 360 g/mol. The van der Waals surface area contributed by atoms with Gasteiger partial charge in [0.2, 0.25) is 0 Å². The minimum atomic E-state index is -0.798. The second-order valence-electron chi connectivity index (χ2n) is 6.52. The molecule has 0 saturated heterocycles. The van der Waals surface area contributed by atoms with Gasteiger partial charge in [0.25, 0.3) is 0 Å². The molecule has 1 aliphatic rings. The van der Waals surface area contributed by atoms with E-state index in [1.165, 1.54) is 4.88 Å². The molecule has 134 valence electrons. The van der Waals surface area contributed by atoms with Crippen LogP contribution >= 0.6 is 11.3 Å². The summed E-state index contributed by atoms with van der Waals surface area (Å²) in [5.74, 6) is 0.587. The van der Waals surface area contributed by atoms with Crippen molar-refractivity contribution in [3.05, 3.63) is 62.5 Å². The molecule has 2 unspecified atom stereocenters. The minimum absolute atomic E-state index is 0.0203. The topological polar surface area (TPSA) is 59.7 Å². The molecule has 0 aromatic carbocycles. The Kier molecular flexibility index (Phi) is 5.33. The first-order chi connectivity index (χ1) is 12.1. The third-order valence-electron chi connectivity index (χ3n) is 4.82. The van der Waals surface area contributed by atoms with Gasteiger partial charge in [-0.25, -0.2) is 4.79 Å². The van der Waals surface area contributed by atoms with Crippen LogP contribution in [-0.2, 0) is 16.8 Å². The molecule has 2 aromatic rings. The molecule has 4 nitrogen and oxygen atoms in total. The number of thiophene rings is 1. The number of aromatic hydroxyl groups is 1. The van der Waals surface area contributed by atoms with E-state index in [0.717, 1.165) is 19.3 Å². The van der Waals surface area contributed by atoms with Crippen LogP contribution in [0.4, 0.5) is 0 Å². The normalized spacial score (nSPS) is 20.6. The summed E-state index contributed by atoms with van der Waals surface area (Å²) in [4.78, 5) is 14.0. The van der Waals surface area contributed by atoms with Crippen LogP contribution in [0.15, 0.2) is 45.1 Å². The van der Waals surface area contributed by atoms with Crippen molar-refractivity contribution in [2.24, 2.45) is 0 Å². The smallest absolute Gasteiger partial charge is 0.347 e. The molecular weight excluding hydrogens is 336 g/mol. The average Bonchev–Trinajstić information content (AvgIpc) is 3.24. The van der Waals surface area contributed by atoms with E-state index in [1.54, 1.807) is 23.7 Å². The fourth-order valence-electron chi connectivity index (χ4n) is 3.55. The number of hydrogen-bond donors (Lipinski definition) is 1. The summed E-state index contributed by atoms with van der Waals surface area (Å²) in [5, 5.41) is 12.7. The predicted octanol–water partition coefficient (Wildman–Crippen LogP) is 5.07. The van der Waals surface area contributed by atoms with E-state index in [4.69, 9.17) is 9.15 Å². The summed E-state index contributed by atoms with van der Waals surface area (Å²) < 4.78 is 11.4. The maximum absolute atomic E-state index is 12.7. The highest BCUT2D eigenvalue weighted by Crippen LogP contribution is 2.42. The van der Waals surface area contributed by atoms with Gasteiger partial charge in [-0.2, -0.15) is 0 Å². The molecule has 0 radical (unpaired) electrons. The van der Waals surface area contributed by atoms with Crippen LogP contribution in [0.1, 0.15) is 61.6 Å². The highest BCUT2D eigenvalue weighted by atomic mass is 32.1. The fourth-order valence-corrected chi connectivity index (χ4v) is 4.34. The van der Waals surface area contributed by atoms with Crippen LogP contribution in [-0.4, -0.2) is 5.11 Å². The van der Waals surface area contributed by atoms with Crippen molar-refractivity contribution < 1.29 is 14.3 Å². The summed E-state index contributed by atoms with van der Waals surface area (Å²) in [6.45, 7) is 4.09. The Hall–Kier alpha value is -2.01. The lowest BCUT2D eigenvalue weighted by atomic mass is 9.86. The molecule has 5 heteroatoms. The summed E-state index contributed by atoms with van der Waals surface area (Å²) >= 11 is 1.69. The summed E-state index contributed by atoms with van der Waals surface area (Å²) in [5.41, 5.74) is -1.04. The number of hydrogen-bond acceptors (Lipinski definition) is 5. The van der Waals surface area contributed by atoms with E-state index in [1.807, 2.05) is 24.4 Å². The maximum atomic E-state index is 12.7. The van der Waals surface area contributed by atoms with E-state index in [2.05, 4.69) is 13.0 Å². The number of ether oxygens (including phenoxy) is 1. The van der Waals surface area contributed by atoms with Gasteiger partial charge in [0, 0.05) is 23.3 Å². The molecule has 3 rings (SSSR count). The highest BCUT2D eigenvalue weighted by molar-refractivity contribution is 7.09. The molecule has 1 N–H and O–H groups in total. The molecular formula is C20H24O4S. The lowest BCUT2D eigenvalue weighted by molar-refractivity contribution is 0.0256. The largest absolute Gasteiger partial charge is 0.507 e. The zero-order valence-electron chi connectivity index (χ0n) is 14.7. The molecule has 2 atom stereocenters. The maximum Gasteiger partial charge on any atom is 0.347 e. The Morgan fingerprint density at radius 2 is 2.24 bits per heavy atom. The fraction of sp³-hybridized carbons (Fsp3) is 0.450. The van der Waals surface area contributed by atoms with Gasteiger partial charge in [-0.3, -0.25) is 0 Å². The molecule has 1 aliphatic heterocycles. The third-order valence-corrected chi connectivity index (χ3v) is 5.72. The zero-order chi connectivity index (χ0) is 17.9. The van der Waals surface area contributed by atoms with Crippen molar-refractivity contribution in [3.8, 4) is 5.75 Å². The SMILES string of the molecule is CCCC1(c2c(O)cc(C(CC)Cc3cccs3)oc2=O)CC=CO1. The van der Waals surface area contributed by atoms with E-state index < -0.39 is 11.2 Å². The van der Waals surface area contributed by atoms with Gasteiger partial charge in [-0.1, -0.05) is 26.3 Å². The van der Waals surface area contributed by atoms with Crippen LogP contribution in [0.5, 0.6) is 5.75 Å². The summed E-state index contributed by atoms with van der Waals surface area (Å²) in [6, 6.07) is 5.70. The van der Waals surface area contributed by atoms with Crippen LogP contribution in [0, 0.1) is 0 Å². The second kappa shape index (κ2) is 7.48. The van der Waals surface area contributed by atoms with Crippen molar-refractivity contribution >= 4 is 11.3 Å². The Balaban J connectivity index is 1.95. The zero-order valence-corrected chi connectivity index (χ0v) is 15.5. The van der Waals surface area contributed by atoms with Gasteiger partial charge >= 0.3 is 5.63 Å². The third kappa shape index (κ3) is 3.52. The first kappa shape index (κ1) is 17.8. The van der Waals surface area contributed by atoms with Gasteiger partial charge in [-0.05, 0) is 36.8 Å². The molecule has 2 aromatic heterocycles. The van der Waals surface area contributed by atoms with Crippen molar-refractivity contribution in [1.82, 2.24) is 0 Å². The molecule has 0 fully saturated rings. The van der Waals surface area contributed by atoms with Gasteiger partial charge in [0.1, 0.15) is 22.7 Å². The van der Waals surface area contributed by atoms with E-state index in [9.17, 15) is 9.90 Å². The quantitative estimate of drug-likeness (QED) is 0.748. The Morgan fingerprint density at radius 1 is 1.40 bits per heavy atom. The standard InChI is InChI=1S/C20H24O4S/c1-3-8-20(9-6-10-23-20)18-16(21)13-17(24-19(18)22)14(4-2)12-15-7-5-11-25-15/h5-7,10-11,13-14,21H,3-4,8-9,12H2,1-2H3. The van der Waals surface area contributed by atoms with Crippen molar-refractivity contribution in [3.63, 3.8) is 0 Å². The summed E-state index contributed by atoms with van der Waals surface area (Å²) in [7, 11) is 0. The van der Waals surface area contributed by atoms with Crippen molar-refractivity contribution in [2.75, 3.05) is 0 Å². The van der Waals surface area contributed by atoms with Crippen LogP contribution in [0.25, 0.3) is 0 Å². The first-order valence-electron chi connectivity index (χ1n) is 8.82. The van der Waals surface area contributed by atoms with E-state index >= 15 is 0 Å². The second-order valence-corrected chi connectivity index (χ2v) is 7.56. The molecule has 3 heterocycles. The van der Waals surface area contributed by atoms with E-state index in [-0.39, 0.29) is 17.2 Å². The molecule has 0 spiro atoms. The molecule has 0 aliphatic carbocycles. The van der Waals surface area contributed by atoms with Gasteiger partial charge in [0.15, 0.2) is 0 Å². The lowest BCUT2D eigenvalue weighted by Crippen LogP contribution is -2.31. The van der Waals surface area contributed by atoms with Gasteiger partial charge in [-0.15, -0.1) is 11.3 Å². The molecule has 0 bridgehead atoms. The Labute approximate surface area is 151 Å². The lowest BCUT2D eigenvalue weighted by Gasteiger charge is -2.28. The van der Waals surface area contributed by atoms with Crippen LogP contribution in [0.2, 0.25) is 0 Å². The Bertz CT molecular complexity index is 781. The van der Waals surface area contributed by atoms with Crippen LogP contribution in [0.3, 0.4) is 0 Å². The predicted molar refractivity (Wildman–Crippen MR) is 99.1 cm³/mol. The van der Waals surface area contributed by atoms with Gasteiger partial charge in [0.05, 0.1) is 6.26 Å². The number of rotatable bonds is 7. The highest BCUT2D eigenvalue weighted by Gasteiger charge is 2.40. The van der Waals surface area contributed by atoms with E-state index in [0.29, 0.717) is 18.6 Å². The van der Waals surface area contributed by atoms with Crippen molar-refractivity contribution in [2.45, 2.75) is 57.5 Å². The molecule has 25 heavy (non-hydrogen) atoms. The van der Waals surface area contributed by atoms with Crippen LogP contribution < -0.4 is 5.63 Å². The van der Waals surface area contributed by atoms with Gasteiger partial charge < -0.3 is 14.3 Å².